The fraction of sp³-hybridized carbons (Fsp3) is 0.333. The molecule has 78 valence electrons. The Morgan fingerprint density at radius 1 is 1.36 bits per heavy atom. The summed E-state index contributed by atoms with van der Waals surface area (Å²) in [5, 5.41) is 17.6. The Balaban J connectivity index is 3.29. The van der Waals surface area contributed by atoms with Crippen LogP contribution in [0.25, 0.3) is 0 Å². The van der Waals surface area contributed by atoms with Crippen LogP contribution in [0.3, 0.4) is 0 Å². The molecule has 0 saturated carbocycles. The van der Waals surface area contributed by atoms with E-state index in [4.69, 9.17) is 10.2 Å². The van der Waals surface area contributed by atoms with E-state index in [-0.39, 0.29) is 17.7 Å². The van der Waals surface area contributed by atoms with Crippen molar-refractivity contribution in [2.75, 3.05) is 13.7 Å². The predicted molar refractivity (Wildman–Crippen MR) is 45.4 cm³/mol. The van der Waals surface area contributed by atoms with Crippen molar-refractivity contribution in [2.24, 2.45) is 0 Å². The van der Waals surface area contributed by atoms with Crippen LogP contribution in [0.2, 0.25) is 0 Å². The lowest BCUT2D eigenvalue weighted by Crippen LogP contribution is -2.02. The van der Waals surface area contributed by atoms with Gasteiger partial charge in [-0.3, -0.25) is 0 Å². The first-order chi connectivity index (χ1) is 6.61. The van der Waals surface area contributed by atoms with E-state index >= 15 is 0 Å². The van der Waals surface area contributed by atoms with E-state index in [0.29, 0.717) is 0 Å². The molecule has 0 fully saturated rings. The van der Waals surface area contributed by atoms with Crippen LogP contribution in [0.5, 0.6) is 11.5 Å². The van der Waals surface area contributed by atoms with Crippen molar-refractivity contribution in [3.8, 4) is 11.5 Å². The number of benzene rings is 1. The van der Waals surface area contributed by atoms with E-state index in [9.17, 15) is 8.78 Å². The van der Waals surface area contributed by atoms with Crippen LogP contribution in [-0.2, 0) is 6.42 Å². The molecule has 0 amide bonds. The van der Waals surface area contributed by atoms with Crippen LogP contribution in [0, 0.1) is 11.6 Å². The lowest BCUT2D eigenvalue weighted by molar-refractivity contribution is 0.292. The molecule has 0 bridgehead atoms. The average Bonchev–Trinajstić information content (AvgIpc) is 2.18. The van der Waals surface area contributed by atoms with E-state index in [1.54, 1.807) is 0 Å². The van der Waals surface area contributed by atoms with E-state index in [2.05, 4.69) is 4.74 Å². The molecule has 0 spiro atoms. The molecule has 0 aliphatic rings. The normalized spacial score (nSPS) is 10.3. The molecular weight excluding hydrogens is 194 g/mol. The van der Waals surface area contributed by atoms with Crippen LogP contribution in [0.15, 0.2) is 6.07 Å². The quantitative estimate of drug-likeness (QED) is 0.778. The molecule has 0 aliphatic carbocycles. The van der Waals surface area contributed by atoms with E-state index in [0.717, 1.165) is 6.07 Å². The number of ether oxygens (including phenoxy) is 1. The Labute approximate surface area is 79.6 Å². The molecule has 1 rings (SSSR count). The van der Waals surface area contributed by atoms with Gasteiger partial charge >= 0.3 is 0 Å². The Morgan fingerprint density at radius 3 is 2.50 bits per heavy atom. The summed E-state index contributed by atoms with van der Waals surface area (Å²) in [6.45, 7) is -0.402. The van der Waals surface area contributed by atoms with E-state index < -0.39 is 24.0 Å². The molecule has 3 nitrogen and oxygen atoms in total. The molecule has 0 heterocycles. The second kappa shape index (κ2) is 4.23. The Bertz CT molecular complexity index is 339. The van der Waals surface area contributed by atoms with Gasteiger partial charge in [0.1, 0.15) is 0 Å². The van der Waals surface area contributed by atoms with E-state index in [1.807, 2.05) is 0 Å². The molecule has 0 aliphatic heterocycles. The fourth-order valence-electron chi connectivity index (χ4n) is 1.13. The summed E-state index contributed by atoms with van der Waals surface area (Å²) >= 11 is 0. The first kappa shape index (κ1) is 10.7. The van der Waals surface area contributed by atoms with Gasteiger partial charge in [-0.15, -0.1) is 0 Å². The van der Waals surface area contributed by atoms with Crippen molar-refractivity contribution >= 4 is 0 Å². The summed E-state index contributed by atoms with van der Waals surface area (Å²) in [6, 6.07) is 0.853. The zero-order chi connectivity index (χ0) is 10.7. The van der Waals surface area contributed by atoms with Gasteiger partial charge in [0, 0.05) is 24.7 Å². The minimum atomic E-state index is -1.06. The van der Waals surface area contributed by atoms with Crippen molar-refractivity contribution in [3.05, 3.63) is 23.3 Å². The second-order valence-electron chi connectivity index (χ2n) is 2.68. The molecule has 2 N–H and O–H groups in total. The summed E-state index contributed by atoms with van der Waals surface area (Å²) in [5.41, 5.74) is -0.371. The summed E-state index contributed by atoms with van der Waals surface area (Å²) in [4.78, 5) is 0. The Kier molecular flexibility index (Phi) is 3.24. The number of rotatable bonds is 3. The topological polar surface area (TPSA) is 49.7 Å². The number of hydrogen-bond donors (Lipinski definition) is 2. The van der Waals surface area contributed by atoms with E-state index in [1.165, 1.54) is 7.11 Å². The maximum absolute atomic E-state index is 13.3. The van der Waals surface area contributed by atoms with Crippen LogP contribution < -0.4 is 4.74 Å². The summed E-state index contributed by atoms with van der Waals surface area (Å²) in [7, 11) is 1.21. The number of methoxy groups -OCH3 is 1. The maximum Gasteiger partial charge on any atom is 0.171 e. The zero-order valence-electron chi connectivity index (χ0n) is 7.55. The molecule has 0 atom stereocenters. The highest BCUT2D eigenvalue weighted by molar-refractivity contribution is 5.41. The van der Waals surface area contributed by atoms with Gasteiger partial charge in [0.2, 0.25) is 0 Å². The van der Waals surface area contributed by atoms with Gasteiger partial charge in [0.25, 0.3) is 0 Å². The zero-order valence-corrected chi connectivity index (χ0v) is 7.55. The van der Waals surface area contributed by atoms with Crippen molar-refractivity contribution < 1.29 is 23.7 Å². The minimum Gasteiger partial charge on any atom is -0.505 e. The Morgan fingerprint density at radius 2 is 2.00 bits per heavy atom. The second-order valence-corrected chi connectivity index (χ2v) is 2.68. The summed E-state index contributed by atoms with van der Waals surface area (Å²) < 4.78 is 31.0. The SMILES string of the molecule is COc1cc(O)c(F)c(CCO)c1F. The highest BCUT2D eigenvalue weighted by Gasteiger charge is 2.18. The third kappa shape index (κ3) is 1.77. The molecule has 1 aromatic carbocycles. The number of halogens is 2. The molecule has 0 radical (unpaired) electrons. The first-order valence-corrected chi connectivity index (χ1v) is 3.96. The number of aliphatic hydroxyl groups excluding tert-OH is 1. The fourth-order valence-corrected chi connectivity index (χ4v) is 1.13. The maximum atomic E-state index is 13.3. The van der Waals surface area contributed by atoms with Gasteiger partial charge in [0.15, 0.2) is 23.1 Å². The van der Waals surface area contributed by atoms with Crippen molar-refractivity contribution in [1.82, 2.24) is 0 Å². The molecule has 14 heavy (non-hydrogen) atoms. The van der Waals surface area contributed by atoms with Crippen LogP contribution >= 0.6 is 0 Å². The smallest absolute Gasteiger partial charge is 0.171 e. The van der Waals surface area contributed by atoms with Gasteiger partial charge in [0.05, 0.1) is 7.11 Å². The monoisotopic (exact) mass is 204 g/mol. The number of aliphatic hydroxyl groups is 1. The van der Waals surface area contributed by atoms with Gasteiger partial charge in [-0.25, -0.2) is 8.78 Å². The van der Waals surface area contributed by atoms with Crippen LogP contribution in [0.4, 0.5) is 8.78 Å². The lowest BCUT2D eigenvalue weighted by atomic mass is 10.1. The van der Waals surface area contributed by atoms with Crippen molar-refractivity contribution in [2.45, 2.75) is 6.42 Å². The minimum absolute atomic E-state index is 0.206. The third-order valence-electron chi connectivity index (χ3n) is 1.82. The molecule has 0 aromatic heterocycles. The predicted octanol–water partition coefficient (Wildman–Crippen LogP) is 1.21. The number of phenols is 1. The molecule has 0 unspecified atom stereocenters. The molecule has 0 saturated heterocycles. The van der Waals surface area contributed by atoms with Gasteiger partial charge in [-0.05, 0) is 0 Å². The first-order valence-electron chi connectivity index (χ1n) is 3.96. The van der Waals surface area contributed by atoms with Crippen molar-refractivity contribution in [3.63, 3.8) is 0 Å². The number of hydrogen-bond acceptors (Lipinski definition) is 3. The largest absolute Gasteiger partial charge is 0.505 e. The summed E-state index contributed by atoms with van der Waals surface area (Å²) in [6.07, 6.45) is -0.206. The van der Waals surface area contributed by atoms with Crippen molar-refractivity contribution in [1.29, 1.82) is 0 Å². The van der Waals surface area contributed by atoms with Crippen LogP contribution in [0.1, 0.15) is 5.56 Å². The van der Waals surface area contributed by atoms with Gasteiger partial charge in [-0.2, -0.15) is 0 Å². The number of aromatic hydroxyl groups is 1. The Hall–Kier alpha value is -1.36. The number of phenolic OH excluding ortho intramolecular Hbond substituents is 1. The molecule has 1 aromatic rings. The highest BCUT2D eigenvalue weighted by Crippen LogP contribution is 2.30. The molecule has 5 heteroatoms. The lowest BCUT2D eigenvalue weighted by Gasteiger charge is -2.09. The van der Waals surface area contributed by atoms with Gasteiger partial charge < -0.3 is 14.9 Å². The summed E-state index contributed by atoms with van der Waals surface area (Å²) in [5.74, 6) is -2.88. The molecular formula is C9H10F2O3. The van der Waals surface area contributed by atoms with Gasteiger partial charge in [-0.1, -0.05) is 0 Å². The van der Waals surface area contributed by atoms with Crippen LogP contribution in [-0.4, -0.2) is 23.9 Å². The standard InChI is InChI=1S/C9H10F2O3/c1-14-7-4-6(13)8(10)5(2-3-12)9(7)11/h4,12-13H,2-3H2,1H3. The average molecular weight is 204 g/mol. The third-order valence-corrected chi connectivity index (χ3v) is 1.82. The highest BCUT2D eigenvalue weighted by atomic mass is 19.1.